The lowest BCUT2D eigenvalue weighted by Gasteiger charge is -2.41. The summed E-state index contributed by atoms with van der Waals surface area (Å²) in [5.41, 5.74) is 0. The fourth-order valence-corrected chi connectivity index (χ4v) is 21.2. The van der Waals surface area contributed by atoms with Crippen LogP contribution in [0, 0.1) is 0 Å². The molecule has 1 saturated heterocycles. The van der Waals surface area contributed by atoms with Gasteiger partial charge in [-0.15, -0.1) is 0 Å². The van der Waals surface area contributed by atoms with Gasteiger partial charge >= 0.3 is 25.7 Å². The Balaban J connectivity index is 2.89. The SMILES string of the molecule is C[Si]1(C)CCCCO[Si](C)(C)O[Si](C)(C)O[Si](C)(C)O1. The van der Waals surface area contributed by atoms with Gasteiger partial charge in [0.25, 0.3) is 0 Å². The van der Waals surface area contributed by atoms with Crippen LogP contribution in [0.2, 0.25) is 58.4 Å². The maximum absolute atomic E-state index is 6.49. The van der Waals surface area contributed by atoms with Crippen molar-refractivity contribution in [3.63, 3.8) is 0 Å². The lowest BCUT2D eigenvalue weighted by atomic mass is 10.4. The highest BCUT2D eigenvalue weighted by atomic mass is 28.5. The molecule has 0 bridgehead atoms. The molecular weight excluding hydrogens is 320 g/mol. The number of hydrogen-bond acceptors (Lipinski definition) is 4. The molecule has 1 rings (SSSR count). The van der Waals surface area contributed by atoms with E-state index in [4.69, 9.17) is 16.8 Å². The molecular formula is C12H32O4Si4. The predicted octanol–water partition coefficient (Wildman–Crippen LogP) is 4.16. The van der Waals surface area contributed by atoms with E-state index in [1.165, 1.54) is 12.5 Å². The Morgan fingerprint density at radius 1 is 0.600 bits per heavy atom. The van der Waals surface area contributed by atoms with Crippen molar-refractivity contribution in [1.82, 2.24) is 0 Å². The molecule has 0 aromatic rings. The van der Waals surface area contributed by atoms with Crippen molar-refractivity contribution in [2.45, 2.75) is 71.3 Å². The van der Waals surface area contributed by atoms with Crippen molar-refractivity contribution < 1.29 is 16.8 Å². The van der Waals surface area contributed by atoms with Gasteiger partial charge in [0.15, 0.2) is 8.32 Å². The molecule has 0 saturated carbocycles. The molecule has 0 radical (unpaired) electrons. The number of hydrogen-bond donors (Lipinski definition) is 0. The minimum Gasteiger partial charge on any atom is -0.436 e. The van der Waals surface area contributed by atoms with Crippen molar-refractivity contribution >= 4 is 34.0 Å². The second-order valence-electron chi connectivity index (χ2n) is 7.57. The molecule has 0 amide bonds. The van der Waals surface area contributed by atoms with Gasteiger partial charge in [0.05, 0.1) is 0 Å². The molecule has 1 aliphatic heterocycles. The van der Waals surface area contributed by atoms with E-state index in [0.717, 1.165) is 13.0 Å². The van der Waals surface area contributed by atoms with E-state index < -0.39 is 34.0 Å². The highest BCUT2D eigenvalue weighted by Crippen LogP contribution is 2.27. The van der Waals surface area contributed by atoms with E-state index >= 15 is 0 Å². The average molecular weight is 353 g/mol. The van der Waals surface area contributed by atoms with Crippen LogP contribution in [0.4, 0.5) is 0 Å². The van der Waals surface area contributed by atoms with Crippen molar-refractivity contribution in [3.8, 4) is 0 Å². The Labute approximate surface area is 129 Å². The Morgan fingerprint density at radius 3 is 1.70 bits per heavy atom. The van der Waals surface area contributed by atoms with Crippen molar-refractivity contribution in [3.05, 3.63) is 0 Å². The smallest absolute Gasteiger partial charge is 0.322 e. The molecule has 8 heteroatoms. The molecule has 0 atom stereocenters. The van der Waals surface area contributed by atoms with Crippen molar-refractivity contribution in [2.75, 3.05) is 6.61 Å². The highest BCUT2D eigenvalue weighted by Gasteiger charge is 2.44. The number of rotatable bonds is 0. The minimum atomic E-state index is -2.20. The molecule has 4 nitrogen and oxygen atoms in total. The van der Waals surface area contributed by atoms with E-state index in [1.807, 2.05) is 0 Å². The van der Waals surface area contributed by atoms with Gasteiger partial charge in [-0.2, -0.15) is 0 Å². The highest BCUT2D eigenvalue weighted by molar-refractivity contribution is 6.88. The Hall–Kier alpha value is 0.708. The zero-order chi connectivity index (χ0) is 15.7. The molecule has 120 valence electrons. The largest absolute Gasteiger partial charge is 0.436 e. The maximum Gasteiger partial charge on any atom is 0.322 e. The first-order valence-corrected chi connectivity index (χ1v) is 19.1. The van der Waals surface area contributed by atoms with Gasteiger partial charge in [0.2, 0.25) is 0 Å². The van der Waals surface area contributed by atoms with Crippen LogP contribution in [0.1, 0.15) is 12.8 Å². The summed E-state index contributed by atoms with van der Waals surface area (Å²) in [7, 11) is -8.07. The van der Waals surface area contributed by atoms with Crippen LogP contribution >= 0.6 is 0 Å². The third-order valence-corrected chi connectivity index (χ3v) is 17.6. The molecule has 1 fully saturated rings. The second kappa shape index (κ2) is 6.45. The molecule has 0 N–H and O–H groups in total. The first kappa shape index (κ1) is 18.8. The first-order valence-electron chi connectivity index (χ1n) is 7.57. The van der Waals surface area contributed by atoms with Crippen LogP contribution in [0.5, 0.6) is 0 Å². The van der Waals surface area contributed by atoms with Gasteiger partial charge in [-0.1, -0.05) is 6.42 Å². The van der Waals surface area contributed by atoms with Gasteiger partial charge in [0.1, 0.15) is 0 Å². The van der Waals surface area contributed by atoms with Crippen LogP contribution < -0.4 is 0 Å². The molecule has 0 aliphatic carbocycles. The zero-order valence-electron chi connectivity index (χ0n) is 14.5. The van der Waals surface area contributed by atoms with Crippen LogP contribution in [-0.2, 0) is 16.8 Å². The molecule has 0 spiro atoms. The predicted molar refractivity (Wildman–Crippen MR) is 93.2 cm³/mol. The first-order chi connectivity index (χ1) is 8.83. The molecule has 20 heavy (non-hydrogen) atoms. The lowest BCUT2D eigenvalue weighted by Crippen LogP contribution is -2.57. The van der Waals surface area contributed by atoms with E-state index in [0.29, 0.717) is 0 Å². The van der Waals surface area contributed by atoms with Gasteiger partial charge in [-0.25, -0.2) is 0 Å². The molecule has 1 heterocycles. The Bertz CT molecular complexity index is 301. The maximum atomic E-state index is 6.49. The summed E-state index contributed by atoms with van der Waals surface area (Å²) >= 11 is 0. The fraction of sp³-hybridized carbons (Fsp3) is 1.00. The second-order valence-corrected chi connectivity index (χ2v) is 22.7. The summed E-state index contributed by atoms with van der Waals surface area (Å²) in [5.74, 6) is 0. The Kier molecular flexibility index (Phi) is 6.05. The topological polar surface area (TPSA) is 36.9 Å². The molecule has 0 unspecified atom stereocenters. The summed E-state index contributed by atoms with van der Waals surface area (Å²) in [6.07, 6.45) is 2.28. The van der Waals surface area contributed by atoms with Crippen LogP contribution in [0.15, 0.2) is 0 Å². The van der Waals surface area contributed by atoms with E-state index in [2.05, 4.69) is 52.4 Å². The quantitative estimate of drug-likeness (QED) is 0.613. The van der Waals surface area contributed by atoms with Crippen LogP contribution in [-0.4, -0.2) is 40.6 Å². The van der Waals surface area contributed by atoms with E-state index in [-0.39, 0.29) is 0 Å². The third kappa shape index (κ3) is 7.12. The van der Waals surface area contributed by atoms with Gasteiger partial charge < -0.3 is 16.8 Å². The lowest BCUT2D eigenvalue weighted by molar-refractivity contribution is 0.218. The fourth-order valence-electron chi connectivity index (χ4n) is 2.94. The van der Waals surface area contributed by atoms with Gasteiger partial charge in [-0.3, -0.25) is 0 Å². The van der Waals surface area contributed by atoms with Crippen LogP contribution in [0.25, 0.3) is 0 Å². The van der Waals surface area contributed by atoms with Crippen molar-refractivity contribution in [2.24, 2.45) is 0 Å². The Morgan fingerprint density at radius 2 is 1.10 bits per heavy atom. The summed E-state index contributed by atoms with van der Waals surface area (Å²) in [5, 5.41) is 0. The zero-order valence-corrected chi connectivity index (χ0v) is 18.5. The van der Waals surface area contributed by atoms with Crippen LogP contribution in [0.3, 0.4) is 0 Å². The van der Waals surface area contributed by atoms with E-state index in [1.54, 1.807) is 0 Å². The van der Waals surface area contributed by atoms with Gasteiger partial charge in [0, 0.05) is 6.61 Å². The average Bonchev–Trinajstić information content (AvgIpc) is 2.08. The monoisotopic (exact) mass is 352 g/mol. The third-order valence-electron chi connectivity index (χ3n) is 3.13. The molecule has 0 aromatic carbocycles. The minimum absolute atomic E-state index is 0.801. The summed E-state index contributed by atoms with van der Waals surface area (Å²) < 4.78 is 25.2. The standard InChI is InChI=1S/C12H32O4Si4/c1-17(2)12-10-9-11-13-18(3,4)15-20(7,8)16-19(5,6)14-17/h9-12H2,1-8H3. The normalized spacial score (nSPS) is 30.0. The summed E-state index contributed by atoms with van der Waals surface area (Å²) in [6, 6.07) is 1.18. The summed E-state index contributed by atoms with van der Waals surface area (Å²) in [6.45, 7) is 18.2. The summed E-state index contributed by atoms with van der Waals surface area (Å²) in [4.78, 5) is 0. The molecule has 0 aromatic heterocycles. The van der Waals surface area contributed by atoms with Crippen molar-refractivity contribution in [1.29, 1.82) is 0 Å². The molecule has 1 aliphatic rings. The van der Waals surface area contributed by atoms with Gasteiger partial charge in [-0.05, 0) is 64.8 Å². The van der Waals surface area contributed by atoms with E-state index in [9.17, 15) is 0 Å².